The Morgan fingerprint density at radius 2 is 2.15 bits per heavy atom. The third kappa shape index (κ3) is 5.10. The summed E-state index contributed by atoms with van der Waals surface area (Å²) in [4.78, 5) is 12.4. The molecule has 3 rings (SSSR count). The smallest absolute Gasteiger partial charge is 0.255 e. The van der Waals surface area contributed by atoms with Gasteiger partial charge in [0.1, 0.15) is 5.75 Å². The van der Waals surface area contributed by atoms with E-state index in [-0.39, 0.29) is 18.1 Å². The van der Waals surface area contributed by atoms with Crippen LogP contribution in [0.2, 0.25) is 0 Å². The van der Waals surface area contributed by atoms with E-state index in [0.29, 0.717) is 17.9 Å². The zero-order valence-electron chi connectivity index (χ0n) is 15.4. The van der Waals surface area contributed by atoms with Crippen molar-refractivity contribution in [1.82, 2.24) is 5.32 Å². The molecule has 0 aliphatic carbocycles. The van der Waals surface area contributed by atoms with Crippen molar-refractivity contribution in [1.29, 1.82) is 0 Å². The summed E-state index contributed by atoms with van der Waals surface area (Å²) in [7, 11) is 1.60. The molecule has 0 aromatic heterocycles. The van der Waals surface area contributed by atoms with E-state index < -0.39 is 0 Å². The van der Waals surface area contributed by atoms with Gasteiger partial charge >= 0.3 is 0 Å². The molecule has 2 N–H and O–H groups in total. The molecular formula is C22H24N2O3. The highest BCUT2D eigenvalue weighted by atomic mass is 16.5. The number of methoxy groups -OCH3 is 1. The summed E-state index contributed by atoms with van der Waals surface area (Å²) in [5.41, 5.74) is 2.36. The monoisotopic (exact) mass is 364 g/mol. The van der Waals surface area contributed by atoms with Crippen molar-refractivity contribution in [2.75, 3.05) is 19.0 Å². The van der Waals surface area contributed by atoms with Crippen LogP contribution in [0.15, 0.2) is 48.5 Å². The molecule has 140 valence electrons. The number of hydrogen-bond acceptors (Lipinski definition) is 4. The Balaban J connectivity index is 1.59. The Hall–Kier alpha value is -2.81. The highest BCUT2D eigenvalue weighted by molar-refractivity contribution is 6.04. The van der Waals surface area contributed by atoms with Crippen LogP contribution in [0.5, 0.6) is 5.75 Å². The van der Waals surface area contributed by atoms with Crippen molar-refractivity contribution in [3.63, 3.8) is 0 Å². The summed E-state index contributed by atoms with van der Waals surface area (Å²) in [5.74, 6) is 3.33. The lowest BCUT2D eigenvalue weighted by Crippen LogP contribution is -2.37. The minimum Gasteiger partial charge on any atom is -0.497 e. The molecule has 1 fully saturated rings. The van der Waals surface area contributed by atoms with Gasteiger partial charge in [-0.25, -0.2) is 0 Å². The number of ether oxygens (including phenoxy) is 2. The molecule has 5 nitrogen and oxygen atoms in total. The van der Waals surface area contributed by atoms with Crippen molar-refractivity contribution in [2.24, 2.45) is 0 Å². The van der Waals surface area contributed by atoms with Crippen LogP contribution >= 0.6 is 0 Å². The van der Waals surface area contributed by atoms with Crippen molar-refractivity contribution < 1.29 is 14.3 Å². The molecule has 0 saturated carbocycles. The van der Waals surface area contributed by atoms with Gasteiger partial charge in [-0.05, 0) is 54.8 Å². The number of amides is 1. The van der Waals surface area contributed by atoms with Crippen LogP contribution in [0.4, 0.5) is 5.69 Å². The van der Waals surface area contributed by atoms with Crippen molar-refractivity contribution in [2.45, 2.75) is 31.5 Å². The van der Waals surface area contributed by atoms with Gasteiger partial charge in [0.05, 0.1) is 19.3 Å². The van der Waals surface area contributed by atoms with Crippen LogP contribution in [0, 0.1) is 12.3 Å². The van der Waals surface area contributed by atoms with E-state index >= 15 is 0 Å². The Morgan fingerprint density at radius 3 is 2.81 bits per heavy atom. The lowest BCUT2D eigenvalue weighted by molar-refractivity contribution is 0.0934. The van der Waals surface area contributed by atoms with E-state index in [2.05, 4.69) is 16.6 Å². The van der Waals surface area contributed by atoms with E-state index in [1.165, 1.54) is 0 Å². The lowest BCUT2D eigenvalue weighted by atomic mass is 10.1. The summed E-state index contributed by atoms with van der Waals surface area (Å²) < 4.78 is 10.8. The van der Waals surface area contributed by atoms with Gasteiger partial charge in [0.25, 0.3) is 5.91 Å². The average Bonchev–Trinajstić information content (AvgIpc) is 3.23. The third-order valence-corrected chi connectivity index (χ3v) is 4.58. The summed E-state index contributed by atoms with van der Waals surface area (Å²) >= 11 is 0. The topological polar surface area (TPSA) is 59.6 Å². The number of carbonyl (C=O) groups excluding carboxylic acids is 1. The molecular weight excluding hydrogens is 340 g/mol. The number of hydrogen-bond donors (Lipinski definition) is 2. The maximum Gasteiger partial charge on any atom is 0.255 e. The molecule has 1 aliphatic rings. The van der Waals surface area contributed by atoms with Gasteiger partial charge in [0, 0.05) is 24.4 Å². The number of anilines is 1. The van der Waals surface area contributed by atoms with Gasteiger partial charge in [-0.3, -0.25) is 10.1 Å². The molecule has 5 heteroatoms. The summed E-state index contributed by atoms with van der Waals surface area (Å²) in [6.07, 6.45) is 7.75. The SMILES string of the molecule is C#C[C@@H](NCc1cccc(NC(=O)c2ccc(OC)cc2)c1)[C@H]1CCCO1. The highest BCUT2D eigenvalue weighted by Crippen LogP contribution is 2.17. The summed E-state index contributed by atoms with van der Waals surface area (Å²) in [6.45, 7) is 1.39. The van der Waals surface area contributed by atoms with Crippen LogP contribution in [0.25, 0.3) is 0 Å². The maximum absolute atomic E-state index is 12.4. The molecule has 1 amide bonds. The van der Waals surface area contributed by atoms with E-state index in [0.717, 1.165) is 30.7 Å². The molecule has 1 saturated heterocycles. The lowest BCUT2D eigenvalue weighted by Gasteiger charge is -2.19. The summed E-state index contributed by atoms with van der Waals surface area (Å²) in [5, 5.41) is 6.29. The molecule has 1 aliphatic heterocycles. The maximum atomic E-state index is 12.4. The van der Waals surface area contributed by atoms with Crippen LogP contribution in [-0.2, 0) is 11.3 Å². The van der Waals surface area contributed by atoms with Gasteiger partial charge in [0.15, 0.2) is 0 Å². The second kappa shape index (κ2) is 9.22. The summed E-state index contributed by atoms with van der Waals surface area (Å²) in [6, 6.07) is 14.6. The van der Waals surface area contributed by atoms with Crippen LogP contribution in [0.1, 0.15) is 28.8 Å². The Morgan fingerprint density at radius 1 is 1.33 bits per heavy atom. The molecule has 0 radical (unpaired) electrons. The number of carbonyl (C=O) groups is 1. The molecule has 0 spiro atoms. The van der Waals surface area contributed by atoms with Crippen LogP contribution in [-0.4, -0.2) is 31.8 Å². The molecule has 2 atom stereocenters. The van der Waals surface area contributed by atoms with Gasteiger partial charge in [0.2, 0.25) is 0 Å². The van der Waals surface area contributed by atoms with E-state index in [1.807, 2.05) is 24.3 Å². The zero-order valence-corrected chi connectivity index (χ0v) is 15.4. The van der Waals surface area contributed by atoms with Gasteiger partial charge < -0.3 is 14.8 Å². The number of nitrogens with one attached hydrogen (secondary N) is 2. The largest absolute Gasteiger partial charge is 0.497 e. The first-order valence-corrected chi connectivity index (χ1v) is 9.05. The fourth-order valence-electron chi connectivity index (χ4n) is 3.10. The fraction of sp³-hybridized carbons (Fsp3) is 0.318. The Kier molecular flexibility index (Phi) is 6.48. The Labute approximate surface area is 160 Å². The average molecular weight is 364 g/mol. The third-order valence-electron chi connectivity index (χ3n) is 4.58. The minimum absolute atomic E-state index is 0.0768. The second-order valence-electron chi connectivity index (χ2n) is 6.46. The zero-order chi connectivity index (χ0) is 19.1. The first-order valence-electron chi connectivity index (χ1n) is 9.05. The van der Waals surface area contributed by atoms with E-state index in [1.54, 1.807) is 31.4 Å². The standard InChI is InChI=1S/C22H24N2O3/c1-3-20(21-8-5-13-27-21)23-15-16-6-4-7-18(14-16)24-22(25)17-9-11-19(26-2)12-10-17/h1,4,6-7,9-12,14,20-21,23H,5,8,13,15H2,2H3,(H,24,25)/t20-,21-/m1/s1. The van der Waals surface area contributed by atoms with Gasteiger partial charge in [-0.15, -0.1) is 6.42 Å². The fourth-order valence-corrected chi connectivity index (χ4v) is 3.10. The molecule has 1 heterocycles. The minimum atomic E-state index is -0.163. The predicted molar refractivity (Wildman–Crippen MR) is 106 cm³/mol. The predicted octanol–water partition coefficient (Wildman–Crippen LogP) is 3.22. The number of terminal acetylenes is 1. The number of rotatable bonds is 7. The highest BCUT2D eigenvalue weighted by Gasteiger charge is 2.23. The molecule has 2 aromatic rings. The number of benzene rings is 2. The van der Waals surface area contributed by atoms with Crippen LogP contribution < -0.4 is 15.4 Å². The first kappa shape index (κ1) is 19.0. The van der Waals surface area contributed by atoms with E-state index in [4.69, 9.17) is 15.9 Å². The first-order chi connectivity index (χ1) is 13.2. The molecule has 0 unspecified atom stereocenters. The van der Waals surface area contributed by atoms with Crippen molar-refractivity contribution >= 4 is 11.6 Å². The quantitative estimate of drug-likeness (QED) is 0.741. The molecule has 0 bridgehead atoms. The van der Waals surface area contributed by atoms with Crippen molar-refractivity contribution in [3.05, 3.63) is 59.7 Å². The molecule has 27 heavy (non-hydrogen) atoms. The van der Waals surface area contributed by atoms with E-state index in [9.17, 15) is 4.79 Å². The molecule has 2 aromatic carbocycles. The van der Waals surface area contributed by atoms with Crippen molar-refractivity contribution in [3.8, 4) is 18.1 Å². The van der Waals surface area contributed by atoms with Crippen LogP contribution in [0.3, 0.4) is 0 Å². The second-order valence-corrected chi connectivity index (χ2v) is 6.46. The van der Waals surface area contributed by atoms with Gasteiger partial charge in [-0.2, -0.15) is 0 Å². The normalized spacial score (nSPS) is 17.1. The Bertz CT molecular complexity index is 805. The van der Waals surface area contributed by atoms with Gasteiger partial charge in [-0.1, -0.05) is 18.1 Å².